The van der Waals surface area contributed by atoms with Crippen LogP contribution in [-0.2, 0) is 23.2 Å². The molecule has 0 spiro atoms. The summed E-state index contributed by atoms with van der Waals surface area (Å²) < 4.78 is 3.57. The summed E-state index contributed by atoms with van der Waals surface area (Å²) in [6, 6.07) is 0. The molecule has 0 nitrogen and oxygen atoms in total. The van der Waals surface area contributed by atoms with Crippen LogP contribution in [0, 0.1) is 5.41 Å². The van der Waals surface area contributed by atoms with E-state index in [4.69, 9.17) is 0 Å². The minimum absolute atomic E-state index is 0. The van der Waals surface area contributed by atoms with Crippen LogP contribution in [0.1, 0.15) is 34.6 Å². The van der Waals surface area contributed by atoms with Gasteiger partial charge in [0, 0.05) is 0 Å². The van der Waals surface area contributed by atoms with Gasteiger partial charge in [0.15, 0.2) is 0 Å². The van der Waals surface area contributed by atoms with E-state index in [1.807, 2.05) is 0 Å². The zero-order valence-corrected chi connectivity index (χ0v) is 17.2. The van der Waals surface area contributed by atoms with Crippen LogP contribution in [0.25, 0.3) is 0 Å². The van der Waals surface area contributed by atoms with Crippen molar-refractivity contribution >= 4 is 6.71 Å². The Kier molecular flexibility index (Phi) is 7.85. The molecule has 1 aliphatic carbocycles. The molecule has 2 rings (SSSR count). The van der Waals surface area contributed by atoms with Gasteiger partial charge in [-0.05, 0) is 0 Å². The van der Waals surface area contributed by atoms with Crippen molar-refractivity contribution in [1.82, 2.24) is 0 Å². The fourth-order valence-corrected chi connectivity index (χ4v) is 7.10. The van der Waals surface area contributed by atoms with Gasteiger partial charge in [0.2, 0.25) is 0 Å². The molecule has 1 heterocycles. The first-order chi connectivity index (χ1) is 8.35. The van der Waals surface area contributed by atoms with Crippen LogP contribution >= 0.6 is 0 Å². The quantitative estimate of drug-likeness (QED) is 0.524. The smallest absolute Gasteiger partial charge is 1.00 e. The zero-order chi connectivity index (χ0) is 13.5. The number of allylic oxidation sites excluding steroid dienone is 7. The second-order valence-electron chi connectivity index (χ2n) is 6.19. The van der Waals surface area contributed by atoms with Crippen LogP contribution in [0.15, 0.2) is 41.4 Å². The van der Waals surface area contributed by atoms with Gasteiger partial charge in [-0.25, -0.2) is 0 Å². The van der Waals surface area contributed by atoms with Gasteiger partial charge in [-0.15, -0.1) is 0 Å². The molecular weight excluding hydrogens is 365 g/mol. The van der Waals surface area contributed by atoms with Gasteiger partial charge in [0.1, 0.15) is 0 Å². The fourth-order valence-electron chi connectivity index (χ4n) is 2.90. The normalized spacial score (nSPS) is 20.3. The van der Waals surface area contributed by atoms with Crippen LogP contribution in [0.5, 0.6) is 0 Å². The summed E-state index contributed by atoms with van der Waals surface area (Å²) in [5.74, 6) is 0. The SMILES string of the molecule is CB1CC=CC=[C]1[Zr+2][C]1=C(C)C(C)=C(C)C1(C)C.[Cl-].[Cl-]. The first kappa shape index (κ1) is 20.5. The van der Waals surface area contributed by atoms with Gasteiger partial charge in [-0.1, -0.05) is 0 Å². The van der Waals surface area contributed by atoms with Gasteiger partial charge >= 0.3 is 125 Å². The molecule has 1 aliphatic heterocycles. The third-order valence-electron chi connectivity index (χ3n) is 4.76. The monoisotopic (exact) mass is 386 g/mol. The number of hydrogen-bond acceptors (Lipinski definition) is 0. The van der Waals surface area contributed by atoms with Crippen LogP contribution in [0.2, 0.25) is 13.1 Å². The van der Waals surface area contributed by atoms with Crippen LogP contribution in [0.3, 0.4) is 0 Å². The summed E-state index contributed by atoms with van der Waals surface area (Å²) in [6.07, 6.45) is 8.22. The molecule has 0 atom stereocenters. The minimum Gasteiger partial charge on any atom is -1.00 e. The van der Waals surface area contributed by atoms with Crippen molar-refractivity contribution in [2.75, 3.05) is 0 Å². The molecular formula is C16H23BCl2Zr. The maximum atomic E-state index is 2.42. The second kappa shape index (κ2) is 7.66. The first-order valence-electron chi connectivity index (χ1n) is 6.89. The maximum Gasteiger partial charge on any atom is -1.00 e. The Morgan fingerprint density at radius 3 is 2.15 bits per heavy atom. The molecule has 4 heteroatoms. The van der Waals surface area contributed by atoms with E-state index in [0.29, 0.717) is 5.41 Å². The third-order valence-corrected chi connectivity index (χ3v) is 10.2. The molecule has 0 saturated carbocycles. The summed E-state index contributed by atoms with van der Waals surface area (Å²) >= 11 is -0.592. The van der Waals surface area contributed by atoms with E-state index < -0.39 is 23.2 Å². The molecule has 2 aliphatic rings. The Bertz CT molecular complexity index is 499. The summed E-state index contributed by atoms with van der Waals surface area (Å²) in [7, 11) is 0. The number of rotatable bonds is 2. The molecule has 0 aromatic rings. The van der Waals surface area contributed by atoms with Crippen molar-refractivity contribution in [2.45, 2.75) is 47.8 Å². The van der Waals surface area contributed by atoms with E-state index in [0.717, 1.165) is 6.71 Å². The molecule has 0 saturated heterocycles. The van der Waals surface area contributed by atoms with Gasteiger partial charge in [-0.2, -0.15) is 0 Å². The molecule has 20 heavy (non-hydrogen) atoms. The predicted octanol–water partition coefficient (Wildman–Crippen LogP) is -1.16. The summed E-state index contributed by atoms with van der Waals surface area (Å²) in [5, 5.41) is 0. The second-order valence-corrected chi connectivity index (χ2v) is 9.45. The summed E-state index contributed by atoms with van der Waals surface area (Å²) in [6.45, 7) is 15.0. The van der Waals surface area contributed by atoms with Crippen LogP contribution in [-0.4, -0.2) is 6.71 Å². The molecule has 0 radical (unpaired) electrons. The molecule has 0 aromatic carbocycles. The average Bonchev–Trinajstić information content (AvgIpc) is 2.47. The van der Waals surface area contributed by atoms with E-state index >= 15 is 0 Å². The Morgan fingerprint density at radius 2 is 1.70 bits per heavy atom. The van der Waals surface area contributed by atoms with E-state index in [1.54, 1.807) is 23.2 Å². The van der Waals surface area contributed by atoms with Crippen LogP contribution < -0.4 is 24.8 Å². The topological polar surface area (TPSA) is 0 Å². The van der Waals surface area contributed by atoms with E-state index in [2.05, 4.69) is 59.7 Å². The standard InChI is InChI=1S/C10H15.C6H8B.2ClH.Zr/c1-7-6-10(4,5)9(3)8(7)2;1-7-5-3-2-4-6-7;;;/h1-5H3;2-4H,5H2,1H3;2*1H;/q;;;;+2/p-2. The van der Waals surface area contributed by atoms with Gasteiger partial charge < -0.3 is 24.8 Å². The van der Waals surface area contributed by atoms with Crippen molar-refractivity contribution in [1.29, 1.82) is 0 Å². The average molecular weight is 388 g/mol. The van der Waals surface area contributed by atoms with E-state index in [-0.39, 0.29) is 24.8 Å². The summed E-state index contributed by atoms with van der Waals surface area (Å²) in [4.78, 5) is 0. The largest absolute Gasteiger partial charge is 1.00 e. The zero-order valence-electron chi connectivity index (χ0n) is 13.3. The Balaban J connectivity index is 0.00000180. The van der Waals surface area contributed by atoms with Gasteiger partial charge in [0.05, 0.1) is 0 Å². The van der Waals surface area contributed by atoms with Crippen molar-refractivity contribution in [2.24, 2.45) is 5.41 Å². The Hall–Kier alpha value is 0.488. The fraction of sp³-hybridized carbons (Fsp3) is 0.500. The molecule has 0 N–H and O–H groups in total. The first-order valence-corrected chi connectivity index (χ1v) is 9.35. The maximum absolute atomic E-state index is 2.42. The van der Waals surface area contributed by atoms with Gasteiger partial charge in [-0.3, -0.25) is 0 Å². The van der Waals surface area contributed by atoms with Crippen molar-refractivity contribution < 1.29 is 48.0 Å². The number of hydrogen-bond donors (Lipinski definition) is 0. The Labute approximate surface area is 148 Å². The molecule has 108 valence electrons. The van der Waals surface area contributed by atoms with Crippen molar-refractivity contribution in [3.05, 3.63) is 41.4 Å². The number of halogens is 2. The minimum atomic E-state index is -0.592. The van der Waals surface area contributed by atoms with Crippen LogP contribution in [0.4, 0.5) is 0 Å². The van der Waals surface area contributed by atoms with E-state index in [9.17, 15) is 0 Å². The molecule has 0 unspecified atom stereocenters. The molecule has 0 bridgehead atoms. The van der Waals surface area contributed by atoms with E-state index in [1.165, 1.54) is 6.32 Å². The molecule has 0 amide bonds. The molecule has 0 aromatic heterocycles. The predicted molar refractivity (Wildman–Crippen MR) is 78.5 cm³/mol. The Morgan fingerprint density at radius 1 is 1.10 bits per heavy atom. The molecule has 0 fully saturated rings. The third kappa shape index (κ3) is 3.63. The van der Waals surface area contributed by atoms with Crippen molar-refractivity contribution in [3.8, 4) is 0 Å². The van der Waals surface area contributed by atoms with Crippen molar-refractivity contribution in [3.63, 3.8) is 0 Å². The van der Waals surface area contributed by atoms with Gasteiger partial charge in [0.25, 0.3) is 0 Å². The summed E-state index contributed by atoms with van der Waals surface area (Å²) in [5.41, 5.74) is 5.07.